The van der Waals surface area contributed by atoms with Crippen LogP contribution in [0.1, 0.15) is 35.9 Å². The van der Waals surface area contributed by atoms with E-state index in [0.717, 1.165) is 0 Å². The standard InChI is InChI=1S/C22H21NO4/c1-3-4-6-14-20(25)27-21(17-10-7-5-8-11-17)22(26)23-19-13-9-12-18(15-19)16(2)24/h3-15,21H,1-2H3,(H,23,26)/b4-3+,14-6+. The van der Waals surface area contributed by atoms with Gasteiger partial charge in [0.1, 0.15) is 0 Å². The van der Waals surface area contributed by atoms with Crippen molar-refractivity contribution in [1.82, 2.24) is 0 Å². The number of Topliss-reactive ketones (excluding diaryl/α,β-unsaturated/α-hetero) is 1. The van der Waals surface area contributed by atoms with Crippen LogP contribution < -0.4 is 5.32 Å². The van der Waals surface area contributed by atoms with Crippen LogP contribution in [0.2, 0.25) is 0 Å². The highest BCUT2D eigenvalue weighted by Crippen LogP contribution is 2.21. The van der Waals surface area contributed by atoms with E-state index in [2.05, 4.69) is 5.32 Å². The molecule has 1 unspecified atom stereocenters. The maximum Gasteiger partial charge on any atom is 0.331 e. The number of carbonyl (C=O) groups is 3. The number of nitrogens with one attached hydrogen (secondary N) is 1. The van der Waals surface area contributed by atoms with Crippen LogP contribution >= 0.6 is 0 Å². The highest BCUT2D eigenvalue weighted by molar-refractivity contribution is 5.99. The molecule has 2 rings (SSSR count). The molecular weight excluding hydrogens is 342 g/mol. The van der Waals surface area contributed by atoms with Gasteiger partial charge in [-0.3, -0.25) is 9.59 Å². The molecule has 138 valence electrons. The summed E-state index contributed by atoms with van der Waals surface area (Å²) in [4.78, 5) is 36.3. The van der Waals surface area contributed by atoms with E-state index in [-0.39, 0.29) is 5.78 Å². The van der Waals surface area contributed by atoms with Crippen molar-refractivity contribution in [2.24, 2.45) is 0 Å². The molecule has 5 heteroatoms. The van der Waals surface area contributed by atoms with Crippen LogP contribution in [0.25, 0.3) is 0 Å². The third-order valence-corrected chi connectivity index (χ3v) is 3.65. The number of amides is 1. The summed E-state index contributed by atoms with van der Waals surface area (Å²) < 4.78 is 5.36. The van der Waals surface area contributed by atoms with Gasteiger partial charge in [0.25, 0.3) is 5.91 Å². The SMILES string of the molecule is C/C=C/C=C/C(=O)OC(C(=O)Nc1cccc(C(C)=O)c1)c1ccccc1. The Morgan fingerprint density at radius 1 is 1.00 bits per heavy atom. The zero-order chi connectivity index (χ0) is 19.6. The Labute approximate surface area is 158 Å². The second-order valence-corrected chi connectivity index (χ2v) is 5.74. The molecule has 0 saturated carbocycles. The van der Waals surface area contributed by atoms with Gasteiger partial charge in [-0.05, 0) is 26.0 Å². The number of allylic oxidation sites excluding steroid dienone is 3. The maximum absolute atomic E-state index is 12.7. The lowest BCUT2D eigenvalue weighted by Crippen LogP contribution is -2.25. The number of ether oxygens (including phenoxy) is 1. The monoisotopic (exact) mass is 363 g/mol. The molecule has 0 radical (unpaired) electrons. The summed E-state index contributed by atoms with van der Waals surface area (Å²) in [5.41, 5.74) is 1.48. The van der Waals surface area contributed by atoms with Crippen molar-refractivity contribution in [3.05, 3.63) is 90.0 Å². The molecule has 0 saturated heterocycles. The van der Waals surface area contributed by atoms with E-state index in [0.29, 0.717) is 16.8 Å². The molecule has 0 aromatic heterocycles. The van der Waals surface area contributed by atoms with Crippen molar-refractivity contribution in [2.75, 3.05) is 5.32 Å². The Balaban J connectivity index is 2.22. The Kier molecular flexibility index (Phi) is 7.26. The molecule has 2 aromatic rings. The Morgan fingerprint density at radius 2 is 1.74 bits per heavy atom. The van der Waals surface area contributed by atoms with E-state index in [1.54, 1.807) is 66.8 Å². The summed E-state index contributed by atoms with van der Waals surface area (Å²) in [6.07, 6.45) is 5.13. The van der Waals surface area contributed by atoms with E-state index in [9.17, 15) is 14.4 Å². The Hall–Kier alpha value is -3.47. The lowest BCUT2D eigenvalue weighted by atomic mass is 10.1. The quantitative estimate of drug-likeness (QED) is 0.346. The smallest absolute Gasteiger partial charge is 0.331 e. The minimum absolute atomic E-state index is 0.105. The molecule has 1 amide bonds. The van der Waals surface area contributed by atoms with Crippen LogP contribution in [0.3, 0.4) is 0 Å². The Bertz CT molecular complexity index is 869. The minimum atomic E-state index is -1.12. The van der Waals surface area contributed by atoms with E-state index in [4.69, 9.17) is 4.74 Å². The van der Waals surface area contributed by atoms with Crippen molar-refractivity contribution >= 4 is 23.3 Å². The summed E-state index contributed by atoms with van der Waals surface area (Å²) in [7, 11) is 0. The summed E-state index contributed by atoms with van der Waals surface area (Å²) in [5, 5.41) is 2.70. The number of rotatable bonds is 7. The van der Waals surface area contributed by atoms with Gasteiger partial charge in [0.15, 0.2) is 5.78 Å². The molecule has 0 spiro atoms. The van der Waals surface area contributed by atoms with Gasteiger partial charge in [0, 0.05) is 22.9 Å². The largest absolute Gasteiger partial charge is 0.444 e. The van der Waals surface area contributed by atoms with Gasteiger partial charge in [-0.2, -0.15) is 0 Å². The van der Waals surface area contributed by atoms with E-state index in [1.165, 1.54) is 13.0 Å². The van der Waals surface area contributed by atoms with Gasteiger partial charge in [-0.1, -0.05) is 60.7 Å². The number of anilines is 1. The van der Waals surface area contributed by atoms with E-state index < -0.39 is 18.0 Å². The molecule has 1 atom stereocenters. The topological polar surface area (TPSA) is 72.5 Å². The predicted octanol–water partition coefficient (Wildman–Crippen LogP) is 4.24. The van der Waals surface area contributed by atoms with Crippen molar-refractivity contribution in [1.29, 1.82) is 0 Å². The fourth-order valence-electron chi connectivity index (χ4n) is 2.33. The molecule has 0 heterocycles. The molecule has 0 aliphatic carbocycles. The first kappa shape index (κ1) is 19.8. The number of esters is 1. The molecule has 2 aromatic carbocycles. The number of hydrogen-bond acceptors (Lipinski definition) is 4. The average Bonchev–Trinajstić information content (AvgIpc) is 2.67. The average molecular weight is 363 g/mol. The summed E-state index contributed by atoms with van der Waals surface area (Å²) in [6.45, 7) is 3.28. The van der Waals surface area contributed by atoms with Gasteiger partial charge in [-0.25, -0.2) is 4.79 Å². The lowest BCUT2D eigenvalue weighted by Gasteiger charge is -2.17. The minimum Gasteiger partial charge on any atom is -0.444 e. The lowest BCUT2D eigenvalue weighted by molar-refractivity contribution is -0.149. The number of carbonyl (C=O) groups excluding carboxylic acids is 3. The van der Waals surface area contributed by atoms with E-state index >= 15 is 0 Å². The van der Waals surface area contributed by atoms with E-state index in [1.807, 2.05) is 13.0 Å². The number of ketones is 1. The molecule has 1 N–H and O–H groups in total. The van der Waals surface area contributed by atoms with Crippen molar-refractivity contribution in [3.63, 3.8) is 0 Å². The molecule has 0 aliphatic rings. The predicted molar refractivity (Wildman–Crippen MR) is 104 cm³/mol. The third-order valence-electron chi connectivity index (χ3n) is 3.65. The maximum atomic E-state index is 12.7. The van der Waals surface area contributed by atoms with Crippen LogP contribution in [0.4, 0.5) is 5.69 Å². The van der Waals surface area contributed by atoms with Gasteiger partial charge >= 0.3 is 5.97 Å². The fourth-order valence-corrected chi connectivity index (χ4v) is 2.33. The van der Waals surface area contributed by atoms with Crippen molar-refractivity contribution in [2.45, 2.75) is 20.0 Å². The van der Waals surface area contributed by atoms with Crippen LogP contribution in [0.15, 0.2) is 78.9 Å². The van der Waals surface area contributed by atoms with Crippen LogP contribution in [0, 0.1) is 0 Å². The van der Waals surface area contributed by atoms with Gasteiger partial charge in [0.2, 0.25) is 6.10 Å². The summed E-state index contributed by atoms with van der Waals surface area (Å²) >= 11 is 0. The normalized spacial score (nSPS) is 12.1. The molecule has 0 bridgehead atoms. The first-order valence-corrected chi connectivity index (χ1v) is 8.48. The highest BCUT2D eigenvalue weighted by Gasteiger charge is 2.24. The molecule has 5 nitrogen and oxygen atoms in total. The highest BCUT2D eigenvalue weighted by atomic mass is 16.5. The van der Waals surface area contributed by atoms with Gasteiger partial charge in [-0.15, -0.1) is 0 Å². The summed E-state index contributed by atoms with van der Waals surface area (Å²) in [6, 6.07) is 15.3. The second-order valence-electron chi connectivity index (χ2n) is 5.74. The molecule has 27 heavy (non-hydrogen) atoms. The zero-order valence-electron chi connectivity index (χ0n) is 15.2. The van der Waals surface area contributed by atoms with Crippen molar-refractivity contribution < 1.29 is 19.1 Å². The molecule has 0 aliphatic heterocycles. The second kappa shape index (κ2) is 9.87. The van der Waals surface area contributed by atoms with Crippen molar-refractivity contribution in [3.8, 4) is 0 Å². The molecular formula is C22H21NO4. The van der Waals surface area contributed by atoms with Gasteiger partial charge < -0.3 is 10.1 Å². The number of benzene rings is 2. The zero-order valence-corrected chi connectivity index (χ0v) is 15.2. The van der Waals surface area contributed by atoms with Gasteiger partial charge in [0.05, 0.1) is 0 Å². The van der Waals surface area contributed by atoms with Crippen LogP contribution in [0.5, 0.6) is 0 Å². The first-order valence-electron chi connectivity index (χ1n) is 8.48. The number of hydrogen-bond donors (Lipinski definition) is 1. The third kappa shape index (κ3) is 6.08. The van der Waals surface area contributed by atoms with Crippen LogP contribution in [-0.2, 0) is 14.3 Å². The summed E-state index contributed by atoms with van der Waals surface area (Å²) in [5.74, 6) is -1.24. The molecule has 0 fully saturated rings. The first-order chi connectivity index (χ1) is 13.0. The van der Waals surface area contributed by atoms with Crippen LogP contribution in [-0.4, -0.2) is 17.7 Å². The fraction of sp³-hybridized carbons (Fsp3) is 0.136. The Morgan fingerprint density at radius 3 is 2.41 bits per heavy atom.